The molecule has 1 aliphatic heterocycles. The second-order valence-electron chi connectivity index (χ2n) is 8.27. The van der Waals surface area contributed by atoms with Crippen LogP contribution in [0.15, 0.2) is 53.4 Å². The molecule has 0 amide bonds. The van der Waals surface area contributed by atoms with Gasteiger partial charge in [-0.05, 0) is 79.9 Å². The molecule has 182 valence electrons. The first-order valence-corrected chi connectivity index (χ1v) is 13.8. The van der Waals surface area contributed by atoms with Crippen LogP contribution >= 0.6 is 22.6 Å². The fourth-order valence-corrected chi connectivity index (χ4v) is 5.43. The molecule has 4 rings (SSSR count). The van der Waals surface area contributed by atoms with Crippen LogP contribution in [0.3, 0.4) is 0 Å². The van der Waals surface area contributed by atoms with E-state index in [0.717, 1.165) is 35.4 Å². The Hall–Kier alpha value is -2.22. The van der Waals surface area contributed by atoms with Gasteiger partial charge in [0.2, 0.25) is 10.0 Å². The normalized spacial score (nSPS) is 15.9. The van der Waals surface area contributed by atoms with Crippen molar-refractivity contribution in [3.63, 3.8) is 0 Å². The minimum absolute atomic E-state index is 0.208. The van der Waals surface area contributed by atoms with Gasteiger partial charge < -0.3 is 14.5 Å². The molecule has 2 heterocycles. The molecule has 1 aliphatic rings. The lowest BCUT2D eigenvalue weighted by Crippen LogP contribution is -2.44. The van der Waals surface area contributed by atoms with Crippen LogP contribution in [-0.2, 0) is 16.6 Å². The molecule has 3 aromatic rings. The maximum atomic E-state index is 12.8. The number of piperazine rings is 1. The van der Waals surface area contributed by atoms with Gasteiger partial charge in [-0.15, -0.1) is 5.10 Å². The lowest BCUT2D eigenvalue weighted by atomic mass is 10.2. The van der Waals surface area contributed by atoms with E-state index in [4.69, 9.17) is 4.74 Å². The fraction of sp³-hybridized carbons (Fsp3) is 0.391. The molecule has 1 aromatic heterocycles. The first kappa shape index (κ1) is 24.9. The van der Waals surface area contributed by atoms with Gasteiger partial charge in [-0.3, -0.25) is 4.57 Å². The van der Waals surface area contributed by atoms with E-state index < -0.39 is 16.1 Å². The topological polar surface area (TPSA) is 92.6 Å². The summed E-state index contributed by atoms with van der Waals surface area (Å²) in [4.78, 5) is 4.86. The zero-order valence-corrected chi connectivity index (χ0v) is 22.5. The molecule has 0 unspecified atom stereocenters. The van der Waals surface area contributed by atoms with E-state index >= 15 is 0 Å². The van der Waals surface area contributed by atoms with Crippen molar-refractivity contribution >= 4 is 38.3 Å². The lowest BCUT2D eigenvalue weighted by Gasteiger charge is -2.34. The van der Waals surface area contributed by atoms with Gasteiger partial charge in [-0.25, -0.2) is 13.1 Å². The average molecular weight is 596 g/mol. The van der Waals surface area contributed by atoms with Crippen molar-refractivity contribution < 1.29 is 13.2 Å². The Morgan fingerprint density at radius 1 is 1.09 bits per heavy atom. The number of likely N-dealkylation sites (N-methyl/N-ethyl adjacent to an activating group) is 1. The number of ether oxygens (including phenoxy) is 1. The molecule has 9 nitrogen and oxygen atoms in total. The summed E-state index contributed by atoms with van der Waals surface area (Å²) in [6.07, 6.45) is 0. The van der Waals surface area contributed by atoms with Crippen molar-refractivity contribution in [3.05, 3.63) is 57.9 Å². The molecule has 0 spiro atoms. The van der Waals surface area contributed by atoms with E-state index in [1.54, 1.807) is 35.8 Å². The standard InChI is InChI=1S/C23H29IN6O3S/c1-4-30-22(17(2)27-34(31,32)21-10-8-18(24)9-11-21)25-26-23(30)33-20-7-5-6-19(16-20)29-14-12-28(3)13-15-29/h5-11,16-17,27H,4,12-15H2,1-3H3/t17-/m1/s1. The van der Waals surface area contributed by atoms with Gasteiger partial charge in [-0.1, -0.05) is 11.2 Å². The Kier molecular flexibility index (Phi) is 7.75. The molecule has 0 bridgehead atoms. The number of hydrogen-bond acceptors (Lipinski definition) is 7. The van der Waals surface area contributed by atoms with Crippen molar-refractivity contribution in [1.82, 2.24) is 24.4 Å². The summed E-state index contributed by atoms with van der Waals surface area (Å²) in [5, 5.41) is 8.44. The Balaban J connectivity index is 1.50. The van der Waals surface area contributed by atoms with Crippen molar-refractivity contribution in [3.8, 4) is 11.8 Å². The third kappa shape index (κ3) is 5.70. The van der Waals surface area contributed by atoms with Gasteiger partial charge in [0.1, 0.15) is 5.75 Å². The van der Waals surface area contributed by atoms with E-state index in [1.807, 2.05) is 25.1 Å². The largest absolute Gasteiger partial charge is 0.424 e. The highest BCUT2D eigenvalue weighted by Gasteiger charge is 2.24. The third-order valence-corrected chi connectivity index (χ3v) is 8.08. The Morgan fingerprint density at radius 3 is 2.47 bits per heavy atom. The Labute approximate surface area is 214 Å². The van der Waals surface area contributed by atoms with E-state index in [2.05, 4.69) is 60.4 Å². The second kappa shape index (κ2) is 10.6. The number of nitrogens with zero attached hydrogens (tertiary/aromatic N) is 5. The highest BCUT2D eigenvalue weighted by molar-refractivity contribution is 14.1. The van der Waals surface area contributed by atoms with Crippen molar-refractivity contribution in [2.24, 2.45) is 0 Å². The van der Waals surface area contributed by atoms with E-state index in [0.29, 0.717) is 24.1 Å². The first-order chi connectivity index (χ1) is 16.3. The number of aromatic nitrogens is 3. The summed E-state index contributed by atoms with van der Waals surface area (Å²) in [7, 11) is -1.57. The van der Waals surface area contributed by atoms with Crippen molar-refractivity contribution in [1.29, 1.82) is 0 Å². The van der Waals surface area contributed by atoms with Gasteiger partial charge in [0, 0.05) is 48.0 Å². The molecular formula is C23H29IN6O3S. The van der Waals surface area contributed by atoms with Crippen LogP contribution in [0.5, 0.6) is 11.8 Å². The predicted octanol–water partition coefficient (Wildman–Crippen LogP) is 3.49. The van der Waals surface area contributed by atoms with Crippen LogP contribution in [0.25, 0.3) is 0 Å². The minimum Gasteiger partial charge on any atom is -0.424 e. The van der Waals surface area contributed by atoms with Crippen molar-refractivity contribution in [2.45, 2.75) is 31.3 Å². The van der Waals surface area contributed by atoms with Crippen LogP contribution in [-0.4, -0.2) is 61.3 Å². The number of halogens is 1. The Morgan fingerprint density at radius 2 is 1.79 bits per heavy atom. The molecule has 11 heteroatoms. The number of rotatable bonds is 8. The molecule has 34 heavy (non-hydrogen) atoms. The van der Waals surface area contributed by atoms with E-state index in [9.17, 15) is 8.42 Å². The molecule has 1 N–H and O–H groups in total. The predicted molar refractivity (Wildman–Crippen MR) is 140 cm³/mol. The van der Waals surface area contributed by atoms with Crippen LogP contribution in [0, 0.1) is 3.57 Å². The van der Waals surface area contributed by atoms with Gasteiger partial charge in [0.25, 0.3) is 0 Å². The number of sulfonamides is 1. The smallest absolute Gasteiger partial charge is 0.322 e. The van der Waals surface area contributed by atoms with E-state index in [-0.39, 0.29) is 4.90 Å². The molecule has 0 radical (unpaired) electrons. The van der Waals surface area contributed by atoms with Crippen LogP contribution < -0.4 is 14.4 Å². The molecule has 0 saturated carbocycles. The highest BCUT2D eigenvalue weighted by Crippen LogP contribution is 2.27. The molecular weight excluding hydrogens is 567 g/mol. The fourth-order valence-electron chi connectivity index (χ4n) is 3.87. The molecule has 2 aromatic carbocycles. The van der Waals surface area contributed by atoms with Crippen LogP contribution in [0.2, 0.25) is 0 Å². The zero-order valence-electron chi connectivity index (χ0n) is 19.5. The summed E-state index contributed by atoms with van der Waals surface area (Å²) < 4.78 is 37.2. The SMILES string of the molecule is CCn1c(Oc2cccc(N3CCN(C)CC3)c2)nnc1[C@@H](C)NS(=O)(=O)c1ccc(I)cc1. The summed E-state index contributed by atoms with van der Waals surface area (Å²) in [6.45, 7) is 8.20. The quantitative estimate of drug-likeness (QED) is 0.398. The second-order valence-corrected chi connectivity index (χ2v) is 11.2. The zero-order chi connectivity index (χ0) is 24.3. The molecule has 1 atom stereocenters. The third-order valence-electron chi connectivity index (χ3n) is 5.80. The molecule has 1 fully saturated rings. The number of benzene rings is 2. The van der Waals surface area contributed by atoms with Gasteiger partial charge in [0.05, 0.1) is 10.9 Å². The van der Waals surface area contributed by atoms with Crippen molar-refractivity contribution in [2.75, 3.05) is 38.1 Å². The van der Waals surface area contributed by atoms with Gasteiger partial charge in [-0.2, -0.15) is 0 Å². The Bertz CT molecular complexity index is 1220. The average Bonchev–Trinajstić information content (AvgIpc) is 3.22. The minimum atomic E-state index is -3.71. The highest BCUT2D eigenvalue weighted by atomic mass is 127. The van der Waals surface area contributed by atoms with E-state index in [1.165, 1.54) is 0 Å². The first-order valence-electron chi connectivity index (χ1n) is 11.2. The van der Waals surface area contributed by atoms with Crippen LogP contribution in [0.1, 0.15) is 25.7 Å². The summed E-state index contributed by atoms with van der Waals surface area (Å²) in [5.41, 5.74) is 1.10. The van der Waals surface area contributed by atoms with Gasteiger partial charge in [0.15, 0.2) is 5.82 Å². The maximum absolute atomic E-state index is 12.8. The molecule has 1 saturated heterocycles. The summed E-state index contributed by atoms with van der Waals surface area (Å²) in [5.74, 6) is 1.15. The number of nitrogens with one attached hydrogen (secondary N) is 1. The number of anilines is 1. The van der Waals surface area contributed by atoms with Crippen LogP contribution in [0.4, 0.5) is 5.69 Å². The van der Waals surface area contributed by atoms with Gasteiger partial charge >= 0.3 is 6.01 Å². The summed E-state index contributed by atoms with van der Waals surface area (Å²) in [6, 6.07) is 14.4. The molecule has 0 aliphatic carbocycles. The summed E-state index contributed by atoms with van der Waals surface area (Å²) >= 11 is 2.14. The lowest BCUT2D eigenvalue weighted by molar-refractivity contribution is 0.312. The maximum Gasteiger partial charge on any atom is 0.322 e. The number of hydrogen-bond donors (Lipinski definition) is 1. The monoisotopic (exact) mass is 596 g/mol.